The summed E-state index contributed by atoms with van der Waals surface area (Å²) in [5, 5.41) is 6.08. The van der Waals surface area contributed by atoms with Crippen LogP contribution in [0.4, 0.5) is 0 Å². The van der Waals surface area contributed by atoms with Crippen molar-refractivity contribution in [2.24, 2.45) is 0 Å². The van der Waals surface area contributed by atoms with E-state index in [1.165, 1.54) is 57.5 Å². The monoisotopic (exact) mass is 989 g/mol. The SMILES string of the molecule is C[Si](C)(C)P(c1ccccc1)c1ccccc1.C[Si](C)(C)P(c1ccccc1)c1ccccc1.[C-]#C[Si](CC)(CC)CC.[C-]#C[Si](CC)(CC)CC.[Pt+2]. The third-order valence-electron chi connectivity index (χ3n) is 9.99. The molecule has 4 rings (SSSR count). The predicted molar refractivity (Wildman–Crippen MR) is 253 cm³/mol. The molecule has 0 bridgehead atoms. The largest absolute Gasteiger partial charge is 2.00 e. The van der Waals surface area contributed by atoms with Gasteiger partial charge in [-0.25, -0.2) is 0 Å². The van der Waals surface area contributed by atoms with E-state index in [1.807, 2.05) is 0 Å². The quantitative estimate of drug-likeness (QED) is 0.0574. The Morgan fingerprint density at radius 3 is 0.642 bits per heavy atom. The van der Waals surface area contributed by atoms with Crippen LogP contribution in [-0.4, -0.2) is 31.6 Å². The first-order valence-electron chi connectivity index (χ1n) is 19.3. The van der Waals surface area contributed by atoms with Crippen molar-refractivity contribution < 1.29 is 21.1 Å². The average molecular weight is 990 g/mol. The zero-order valence-corrected chi connectivity index (χ0v) is 43.1. The van der Waals surface area contributed by atoms with Gasteiger partial charge in [0.2, 0.25) is 0 Å². The van der Waals surface area contributed by atoms with Gasteiger partial charge in [0.15, 0.2) is 0 Å². The molecule has 7 heteroatoms. The van der Waals surface area contributed by atoms with E-state index in [0.29, 0.717) is 0 Å². The summed E-state index contributed by atoms with van der Waals surface area (Å²) in [4.78, 5) is 0. The molecule has 0 atom stereocenters. The molecule has 53 heavy (non-hydrogen) atoms. The fourth-order valence-corrected chi connectivity index (χ4v) is 26.9. The van der Waals surface area contributed by atoms with E-state index in [-0.39, 0.29) is 36.0 Å². The van der Waals surface area contributed by atoms with Crippen LogP contribution in [0.15, 0.2) is 121 Å². The molecule has 0 N–H and O–H groups in total. The molecule has 0 aliphatic heterocycles. The van der Waals surface area contributed by atoms with Crippen LogP contribution < -0.4 is 21.2 Å². The Kier molecular flexibility index (Phi) is 25.5. The molecule has 0 spiro atoms. The molecular weight excluding hydrogens is 922 g/mol. The first-order chi connectivity index (χ1) is 24.7. The van der Waals surface area contributed by atoms with Crippen molar-refractivity contribution >= 4 is 67.8 Å². The Morgan fingerprint density at radius 2 is 0.547 bits per heavy atom. The Morgan fingerprint density at radius 1 is 0.377 bits per heavy atom. The van der Waals surface area contributed by atoms with Crippen molar-refractivity contribution in [3.63, 3.8) is 0 Å². The Bertz CT molecular complexity index is 1360. The first kappa shape index (κ1) is 51.4. The summed E-state index contributed by atoms with van der Waals surface area (Å²) in [6.07, 6.45) is 14.2. The van der Waals surface area contributed by atoms with E-state index in [0.717, 1.165) is 0 Å². The standard InChI is InChI=1S/2C15H19PSi.2C8H15Si.Pt/c2*1-17(2,3)16(14-10-6-4-7-11-14)15-12-8-5-9-13-15;2*1-5-9(6-2,7-3)8-4;/h2*4-13H,1-3H3;2*5-7H2,1-3H3;/q;;2*-1;+2. The van der Waals surface area contributed by atoms with Gasteiger partial charge in [-0.05, 0) is 21.2 Å². The summed E-state index contributed by atoms with van der Waals surface area (Å²) < 4.78 is 0. The molecule has 0 unspecified atom stereocenters. The van der Waals surface area contributed by atoms with Crippen molar-refractivity contribution in [2.45, 2.75) is 117 Å². The van der Waals surface area contributed by atoms with Gasteiger partial charge in [0, 0.05) is 0 Å². The summed E-state index contributed by atoms with van der Waals surface area (Å²) in [7, 11) is -5.26. The van der Waals surface area contributed by atoms with Crippen LogP contribution in [0.1, 0.15) is 41.5 Å². The topological polar surface area (TPSA) is 0 Å². The van der Waals surface area contributed by atoms with Crippen molar-refractivity contribution in [1.29, 1.82) is 0 Å². The van der Waals surface area contributed by atoms with E-state index < -0.39 is 31.6 Å². The Hall–Kier alpha value is -1.58. The fourth-order valence-electron chi connectivity index (χ4n) is 6.19. The smallest absolute Gasteiger partial charge is 0.701 e. The maximum atomic E-state index is 7.12. The van der Waals surface area contributed by atoms with Gasteiger partial charge in [-0.2, -0.15) is 0 Å². The van der Waals surface area contributed by atoms with Crippen LogP contribution in [-0.2, 0) is 21.1 Å². The molecule has 4 aromatic rings. The van der Waals surface area contributed by atoms with Crippen LogP contribution in [0.25, 0.3) is 0 Å². The maximum absolute atomic E-state index is 7.12. The molecule has 0 aliphatic rings. The number of hydrogen-bond donors (Lipinski definition) is 0. The van der Waals surface area contributed by atoms with Gasteiger partial charge >= 0.3 is 21.1 Å². The number of hydrogen-bond acceptors (Lipinski definition) is 0. The molecule has 288 valence electrons. The Balaban J connectivity index is 0.000000709. The van der Waals surface area contributed by atoms with E-state index in [4.69, 9.17) is 12.8 Å². The predicted octanol–water partition coefficient (Wildman–Crippen LogP) is 13.2. The van der Waals surface area contributed by atoms with Crippen molar-refractivity contribution in [3.8, 4) is 11.1 Å². The van der Waals surface area contributed by atoms with Crippen molar-refractivity contribution in [2.75, 3.05) is 0 Å². The summed E-state index contributed by atoms with van der Waals surface area (Å²) in [6.45, 7) is 27.9. The van der Waals surface area contributed by atoms with E-state index in [9.17, 15) is 0 Å². The van der Waals surface area contributed by atoms with Crippen LogP contribution in [0.2, 0.25) is 75.5 Å². The van der Waals surface area contributed by atoms with Crippen molar-refractivity contribution in [3.05, 3.63) is 134 Å². The molecule has 0 aromatic heterocycles. The van der Waals surface area contributed by atoms with Crippen LogP contribution in [0.5, 0.6) is 0 Å². The fraction of sp³-hybridized carbons (Fsp3) is 0.391. The summed E-state index contributed by atoms with van der Waals surface area (Å²) in [5.41, 5.74) is 5.51. The molecule has 0 nitrogen and oxygen atoms in total. The molecular formula is C46H68P2PtSi4. The summed E-state index contributed by atoms with van der Waals surface area (Å²) >= 11 is 0. The maximum Gasteiger partial charge on any atom is 2.00 e. The van der Waals surface area contributed by atoms with Crippen LogP contribution in [0, 0.1) is 23.9 Å². The molecule has 0 fully saturated rings. The average Bonchev–Trinajstić information content (AvgIpc) is 3.16. The molecule has 0 amide bonds. The first-order valence-corrected chi connectivity index (χ1v) is 36.0. The molecule has 0 saturated carbocycles. The van der Waals surface area contributed by atoms with Gasteiger partial charge in [-0.1, -0.05) is 253 Å². The third kappa shape index (κ3) is 17.4. The van der Waals surface area contributed by atoms with Crippen LogP contribution in [0.3, 0.4) is 0 Å². The Labute approximate surface area is 348 Å². The second-order valence-corrected chi connectivity index (χ2v) is 48.0. The minimum absolute atomic E-state index is 0. The third-order valence-corrected chi connectivity index (χ3v) is 36.3. The molecule has 4 aromatic carbocycles. The van der Waals surface area contributed by atoms with Crippen molar-refractivity contribution in [1.82, 2.24) is 0 Å². The van der Waals surface area contributed by atoms with Gasteiger partial charge in [-0.3, -0.25) is 0 Å². The number of rotatable bonds is 12. The zero-order chi connectivity index (χ0) is 39.3. The van der Waals surface area contributed by atoms with Gasteiger partial charge < -0.3 is 23.9 Å². The minimum atomic E-state index is -1.27. The normalized spacial score (nSPS) is 11.2. The number of benzene rings is 4. The van der Waals surface area contributed by atoms with E-state index in [2.05, 4.69) is 213 Å². The molecule has 0 aliphatic carbocycles. The van der Waals surface area contributed by atoms with E-state index >= 15 is 0 Å². The zero-order valence-electron chi connectivity index (χ0n) is 35.0. The van der Waals surface area contributed by atoms with Gasteiger partial charge in [-0.15, -0.1) is 0 Å². The van der Waals surface area contributed by atoms with Crippen LogP contribution >= 0.6 is 14.9 Å². The summed E-state index contributed by atoms with van der Waals surface area (Å²) in [5.74, 6) is 0. The molecule has 0 heterocycles. The molecule has 0 radical (unpaired) electrons. The second-order valence-electron chi connectivity index (χ2n) is 15.3. The summed E-state index contributed by atoms with van der Waals surface area (Å²) in [6, 6.07) is 51.1. The molecule has 0 saturated heterocycles. The van der Waals surface area contributed by atoms with E-state index in [1.54, 1.807) is 0 Å². The van der Waals surface area contributed by atoms with Gasteiger partial charge in [0.1, 0.15) is 0 Å². The second kappa shape index (κ2) is 26.3. The van der Waals surface area contributed by atoms with Gasteiger partial charge in [0.05, 0.1) is 31.6 Å². The minimum Gasteiger partial charge on any atom is -0.701 e. The van der Waals surface area contributed by atoms with Gasteiger partial charge in [0.25, 0.3) is 0 Å².